The first-order valence-electron chi connectivity index (χ1n) is 5.71. The van der Waals surface area contributed by atoms with Gasteiger partial charge in [0, 0.05) is 19.7 Å². The summed E-state index contributed by atoms with van der Waals surface area (Å²) in [4.78, 5) is 8.95. The van der Waals surface area contributed by atoms with Crippen molar-refractivity contribution in [3.8, 4) is 0 Å². The van der Waals surface area contributed by atoms with Crippen molar-refractivity contribution in [1.29, 1.82) is 0 Å². The monoisotopic (exact) mass is 273 g/mol. The van der Waals surface area contributed by atoms with Crippen LogP contribution in [0.15, 0.2) is 6.33 Å². The number of rotatable bonds is 2. The molecule has 2 aromatic heterocycles. The van der Waals surface area contributed by atoms with Crippen LogP contribution in [-0.4, -0.2) is 33.7 Å². The normalized spacial score (nSPS) is 12.4. The van der Waals surface area contributed by atoms with E-state index in [1.807, 2.05) is 0 Å². The zero-order valence-corrected chi connectivity index (χ0v) is 11.0. The summed E-state index contributed by atoms with van der Waals surface area (Å²) in [6.45, 7) is 3.39. The molecule has 2 aromatic rings. The van der Waals surface area contributed by atoms with Gasteiger partial charge in [0.15, 0.2) is 5.69 Å². The van der Waals surface area contributed by atoms with Crippen LogP contribution < -0.4 is 4.90 Å². The van der Waals surface area contributed by atoms with Crippen molar-refractivity contribution in [3.63, 3.8) is 0 Å². The number of anilines is 1. The molecule has 104 valence electrons. The second kappa shape index (κ2) is 4.36. The van der Waals surface area contributed by atoms with Gasteiger partial charge in [-0.05, 0) is 5.92 Å². The van der Waals surface area contributed by atoms with Crippen molar-refractivity contribution in [3.05, 3.63) is 17.6 Å². The highest BCUT2D eigenvalue weighted by Gasteiger charge is 2.39. The first-order valence-corrected chi connectivity index (χ1v) is 5.71. The second-order valence-corrected chi connectivity index (χ2v) is 4.72. The van der Waals surface area contributed by atoms with E-state index in [1.165, 1.54) is 10.8 Å². The van der Waals surface area contributed by atoms with Gasteiger partial charge in [-0.2, -0.15) is 27.8 Å². The SMILES string of the molecule is CC(C)c1c(C(F)(F)F)nc2ncnn2c1N(C)C. The summed E-state index contributed by atoms with van der Waals surface area (Å²) in [5, 5.41) is 3.94. The molecule has 0 fully saturated rings. The Morgan fingerprint density at radius 2 is 1.89 bits per heavy atom. The Morgan fingerprint density at radius 3 is 2.37 bits per heavy atom. The zero-order chi connectivity index (χ0) is 14.4. The van der Waals surface area contributed by atoms with E-state index in [9.17, 15) is 13.2 Å². The first kappa shape index (κ1) is 13.6. The van der Waals surface area contributed by atoms with Crippen molar-refractivity contribution < 1.29 is 13.2 Å². The molecule has 0 atom stereocenters. The highest BCUT2D eigenvalue weighted by atomic mass is 19.4. The molecule has 0 saturated carbocycles. The number of aromatic nitrogens is 4. The van der Waals surface area contributed by atoms with Gasteiger partial charge in [-0.3, -0.25) is 0 Å². The van der Waals surface area contributed by atoms with Crippen molar-refractivity contribution in [2.24, 2.45) is 0 Å². The molecule has 0 radical (unpaired) electrons. The van der Waals surface area contributed by atoms with Gasteiger partial charge in [0.05, 0.1) is 0 Å². The summed E-state index contributed by atoms with van der Waals surface area (Å²) in [6.07, 6.45) is -3.32. The maximum atomic E-state index is 13.1. The predicted molar refractivity (Wildman–Crippen MR) is 64.2 cm³/mol. The Kier molecular flexibility index (Phi) is 3.11. The second-order valence-electron chi connectivity index (χ2n) is 4.72. The molecule has 0 aliphatic rings. The van der Waals surface area contributed by atoms with Gasteiger partial charge in [-0.15, -0.1) is 0 Å². The summed E-state index contributed by atoms with van der Waals surface area (Å²) in [5.74, 6) is -0.0413. The van der Waals surface area contributed by atoms with Crippen molar-refractivity contribution in [2.45, 2.75) is 25.9 Å². The summed E-state index contributed by atoms with van der Waals surface area (Å²) in [7, 11) is 3.34. The molecule has 0 aromatic carbocycles. The molecular formula is C11H14F3N5. The number of fused-ring (bicyclic) bond motifs is 1. The molecule has 0 aliphatic heterocycles. The largest absolute Gasteiger partial charge is 0.433 e. The standard InChI is InChI=1S/C11H14F3N5/c1-6(2)7-8(11(12,13)14)17-10-15-5-16-19(10)9(7)18(3)4/h5-6H,1-4H3. The van der Waals surface area contributed by atoms with E-state index in [1.54, 1.807) is 32.8 Å². The summed E-state index contributed by atoms with van der Waals surface area (Å²) >= 11 is 0. The Bertz CT molecular complexity index is 600. The Morgan fingerprint density at radius 1 is 1.26 bits per heavy atom. The lowest BCUT2D eigenvalue weighted by Gasteiger charge is -2.23. The third-order valence-corrected chi connectivity index (χ3v) is 2.71. The van der Waals surface area contributed by atoms with Gasteiger partial charge in [0.2, 0.25) is 0 Å². The van der Waals surface area contributed by atoms with Crippen LogP contribution in [-0.2, 0) is 6.18 Å². The zero-order valence-electron chi connectivity index (χ0n) is 11.0. The van der Waals surface area contributed by atoms with Crippen LogP contribution in [0.25, 0.3) is 5.78 Å². The third-order valence-electron chi connectivity index (χ3n) is 2.71. The summed E-state index contributed by atoms with van der Waals surface area (Å²) in [5.41, 5.74) is -0.776. The van der Waals surface area contributed by atoms with Crippen LogP contribution in [0.2, 0.25) is 0 Å². The summed E-state index contributed by atoms with van der Waals surface area (Å²) < 4.78 is 40.8. The van der Waals surface area contributed by atoms with Crippen LogP contribution in [0.1, 0.15) is 31.0 Å². The predicted octanol–water partition coefficient (Wildman–Crippen LogP) is 2.33. The van der Waals surface area contributed by atoms with Gasteiger partial charge in [0.25, 0.3) is 5.78 Å². The molecule has 0 amide bonds. The molecule has 19 heavy (non-hydrogen) atoms. The van der Waals surface area contributed by atoms with Crippen molar-refractivity contribution in [2.75, 3.05) is 19.0 Å². The fourth-order valence-electron chi connectivity index (χ4n) is 2.02. The van der Waals surface area contributed by atoms with Crippen LogP contribution in [0.4, 0.5) is 19.0 Å². The number of hydrogen-bond acceptors (Lipinski definition) is 4. The van der Waals surface area contributed by atoms with Crippen molar-refractivity contribution in [1.82, 2.24) is 19.6 Å². The molecule has 0 unspecified atom stereocenters. The van der Waals surface area contributed by atoms with Gasteiger partial charge in [-0.1, -0.05) is 13.8 Å². The number of nitrogens with zero attached hydrogens (tertiary/aromatic N) is 5. The molecule has 0 saturated heterocycles. The van der Waals surface area contributed by atoms with Crippen LogP contribution >= 0.6 is 0 Å². The van der Waals surface area contributed by atoms with Crippen molar-refractivity contribution >= 4 is 11.6 Å². The van der Waals surface area contributed by atoms with E-state index < -0.39 is 11.9 Å². The molecule has 0 N–H and O–H groups in total. The lowest BCUT2D eigenvalue weighted by atomic mass is 10.0. The Balaban J connectivity index is 2.92. The Hall–Kier alpha value is -1.86. The molecule has 8 heteroatoms. The minimum Gasteiger partial charge on any atom is -0.362 e. The Labute approximate surface area is 108 Å². The van der Waals surface area contributed by atoms with Gasteiger partial charge in [0.1, 0.15) is 12.1 Å². The molecule has 0 bridgehead atoms. The maximum Gasteiger partial charge on any atom is 0.433 e. The average molecular weight is 273 g/mol. The third kappa shape index (κ3) is 2.22. The van der Waals surface area contributed by atoms with Crippen LogP contribution in [0.3, 0.4) is 0 Å². The number of halogens is 3. The quantitative estimate of drug-likeness (QED) is 0.842. The van der Waals surface area contributed by atoms with Crippen LogP contribution in [0, 0.1) is 0 Å². The molecule has 5 nitrogen and oxygen atoms in total. The van der Waals surface area contributed by atoms with E-state index in [4.69, 9.17) is 0 Å². The lowest BCUT2D eigenvalue weighted by molar-refractivity contribution is -0.141. The molecular weight excluding hydrogens is 259 g/mol. The number of alkyl halides is 3. The minimum absolute atomic E-state index is 0.0552. The topological polar surface area (TPSA) is 46.3 Å². The van der Waals surface area contributed by atoms with Crippen LogP contribution in [0.5, 0.6) is 0 Å². The first-order chi connectivity index (χ1) is 8.73. The van der Waals surface area contributed by atoms with E-state index in [0.29, 0.717) is 5.82 Å². The smallest absolute Gasteiger partial charge is 0.362 e. The van der Waals surface area contributed by atoms with E-state index >= 15 is 0 Å². The van der Waals surface area contributed by atoms with Gasteiger partial charge in [-0.25, -0.2) is 4.98 Å². The minimum atomic E-state index is -4.52. The highest BCUT2D eigenvalue weighted by molar-refractivity contribution is 5.55. The summed E-state index contributed by atoms with van der Waals surface area (Å²) in [6, 6.07) is 0. The van der Waals surface area contributed by atoms with E-state index in [-0.39, 0.29) is 17.3 Å². The van der Waals surface area contributed by atoms with Gasteiger partial charge < -0.3 is 4.90 Å². The van der Waals surface area contributed by atoms with Gasteiger partial charge >= 0.3 is 6.18 Å². The molecule has 2 heterocycles. The lowest BCUT2D eigenvalue weighted by Crippen LogP contribution is -2.23. The molecule has 2 rings (SSSR count). The maximum absolute atomic E-state index is 13.1. The average Bonchev–Trinajstić information content (AvgIpc) is 2.71. The highest BCUT2D eigenvalue weighted by Crippen LogP contribution is 2.38. The molecule has 0 aliphatic carbocycles. The van der Waals surface area contributed by atoms with E-state index in [2.05, 4.69) is 15.1 Å². The fraction of sp³-hybridized carbons (Fsp3) is 0.545. The number of hydrogen-bond donors (Lipinski definition) is 0. The van der Waals surface area contributed by atoms with E-state index in [0.717, 1.165) is 0 Å². The molecule has 0 spiro atoms. The fourth-order valence-corrected chi connectivity index (χ4v) is 2.02.